The summed E-state index contributed by atoms with van der Waals surface area (Å²) < 4.78 is 5.26. The van der Waals surface area contributed by atoms with Gasteiger partial charge in [0.1, 0.15) is 17.5 Å². The van der Waals surface area contributed by atoms with Gasteiger partial charge < -0.3 is 14.7 Å². The van der Waals surface area contributed by atoms with E-state index in [1.807, 2.05) is 6.92 Å². The minimum absolute atomic E-state index is 0.0483. The van der Waals surface area contributed by atoms with Crippen molar-refractivity contribution >= 4 is 34.6 Å². The van der Waals surface area contributed by atoms with Gasteiger partial charge in [-0.25, -0.2) is 4.98 Å². The zero-order valence-corrected chi connectivity index (χ0v) is 17.5. The van der Waals surface area contributed by atoms with Crippen molar-refractivity contribution < 1.29 is 9.32 Å². The first-order valence-corrected chi connectivity index (χ1v) is 11.1. The molecule has 3 heterocycles. The summed E-state index contributed by atoms with van der Waals surface area (Å²) in [7, 11) is 0. The number of thioether (sulfide) groups is 1. The highest BCUT2D eigenvalue weighted by Gasteiger charge is 2.28. The largest absolute Gasteiger partial charge is 0.355 e. The Balaban J connectivity index is 1.36. The van der Waals surface area contributed by atoms with Gasteiger partial charge in [0, 0.05) is 24.5 Å². The number of amides is 1. The molecule has 1 unspecified atom stereocenters. The van der Waals surface area contributed by atoms with Gasteiger partial charge >= 0.3 is 0 Å². The molecule has 0 spiro atoms. The topological polar surface area (TPSA) is 84.2 Å². The van der Waals surface area contributed by atoms with Crippen LogP contribution < -0.4 is 10.2 Å². The predicted molar refractivity (Wildman–Crippen MR) is 114 cm³/mol. The third kappa shape index (κ3) is 4.37. The van der Waals surface area contributed by atoms with Crippen molar-refractivity contribution in [1.82, 2.24) is 20.4 Å². The fraction of sp³-hybridized carbons (Fsp3) is 0.429. The number of hydrogen-bond donors (Lipinski definition) is 1. The van der Waals surface area contributed by atoms with Crippen molar-refractivity contribution in [2.75, 3.05) is 30.8 Å². The Morgan fingerprint density at radius 2 is 2.14 bits per heavy atom. The summed E-state index contributed by atoms with van der Waals surface area (Å²) in [5, 5.41) is 7.95. The smallest absolute Gasteiger partial charge is 0.263 e. The molecule has 29 heavy (non-hydrogen) atoms. The first-order valence-electron chi connectivity index (χ1n) is 9.88. The number of rotatable bonds is 6. The van der Waals surface area contributed by atoms with Gasteiger partial charge in [0.2, 0.25) is 5.91 Å². The fourth-order valence-corrected chi connectivity index (χ4v) is 4.20. The lowest BCUT2D eigenvalue weighted by molar-refractivity contribution is -0.125. The molecule has 1 amide bonds. The number of carbonyl (C=O) groups excluding carboxylic acids is 1. The second-order valence-corrected chi connectivity index (χ2v) is 8.20. The average Bonchev–Trinajstić information content (AvgIpc) is 3.15. The first kappa shape index (κ1) is 19.7. The number of aryl methyl sites for hydroxylation is 1. The molecule has 4 rings (SSSR count). The van der Waals surface area contributed by atoms with Crippen LogP contribution in [0, 0.1) is 12.8 Å². The van der Waals surface area contributed by atoms with Gasteiger partial charge in [0.25, 0.3) is 5.71 Å². The highest BCUT2D eigenvalue weighted by atomic mass is 32.2. The van der Waals surface area contributed by atoms with Gasteiger partial charge in [-0.15, -0.1) is 11.8 Å². The van der Waals surface area contributed by atoms with Gasteiger partial charge in [-0.2, -0.15) is 4.98 Å². The van der Waals surface area contributed by atoms with E-state index in [1.54, 1.807) is 11.8 Å². The Morgan fingerprint density at radius 3 is 2.93 bits per heavy atom. The third-order valence-electron chi connectivity index (χ3n) is 5.39. The highest BCUT2D eigenvalue weighted by Crippen LogP contribution is 2.29. The number of fused-ring (bicyclic) bond motifs is 1. The summed E-state index contributed by atoms with van der Waals surface area (Å²) >= 11 is 1.73. The number of nitrogens with zero attached hydrogens (tertiary/aromatic N) is 4. The number of piperidine rings is 1. The van der Waals surface area contributed by atoms with E-state index in [-0.39, 0.29) is 11.8 Å². The molecule has 1 aliphatic rings. The Morgan fingerprint density at radius 1 is 1.31 bits per heavy atom. The van der Waals surface area contributed by atoms with Crippen LogP contribution in [-0.4, -0.2) is 46.9 Å². The van der Waals surface area contributed by atoms with E-state index in [9.17, 15) is 4.79 Å². The van der Waals surface area contributed by atoms with Gasteiger partial charge in [0.05, 0.1) is 11.6 Å². The molecule has 1 atom stereocenters. The molecular formula is C21H25N5O2S. The van der Waals surface area contributed by atoms with Crippen LogP contribution in [0.4, 0.5) is 5.82 Å². The second kappa shape index (κ2) is 8.82. The molecule has 1 N–H and O–H groups in total. The first-order chi connectivity index (χ1) is 14.2. The number of benzene rings is 1. The van der Waals surface area contributed by atoms with E-state index < -0.39 is 0 Å². The number of anilines is 1. The minimum Gasteiger partial charge on any atom is -0.355 e. The zero-order chi connectivity index (χ0) is 20.2. The van der Waals surface area contributed by atoms with Gasteiger partial charge in [-0.05, 0) is 50.1 Å². The van der Waals surface area contributed by atoms with Crippen molar-refractivity contribution in [2.45, 2.75) is 31.1 Å². The normalized spacial score (nSPS) is 16.9. The van der Waals surface area contributed by atoms with Crippen LogP contribution in [0.3, 0.4) is 0 Å². The van der Waals surface area contributed by atoms with E-state index >= 15 is 0 Å². The summed E-state index contributed by atoms with van der Waals surface area (Å²) in [6.45, 7) is 4.04. The lowest BCUT2D eigenvalue weighted by atomic mass is 9.96. The Kier molecular flexibility index (Phi) is 5.99. The number of aromatic nitrogens is 3. The van der Waals surface area contributed by atoms with Gasteiger partial charge in [0.15, 0.2) is 0 Å². The molecule has 8 heteroatoms. The summed E-state index contributed by atoms with van der Waals surface area (Å²) in [6, 6.07) is 8.50. The maximum absolute atomic E-state index is 12.7. The number of hydrogen-bond acceptors (Lipinski definition) is 7. The molecule has 1 aliphatic heterocycles. The molecule has 0 aliphatic carbocycles. The van der Waals surface area contributed by atoms with E-state index in [2.05, 4.69) is 55.9 Å². The average molecular weight is 412 g/mol. The molecule has 0 bridgehead atoms. The van der Waals surface area contributed by atoms with Crippen molar-refractivity contribution in [3.8, 4) is 0 Å². The molecule has 1 saturated heterocycles. The zero-order valence-electron chi connectivity index (χ0n) is 16.7. The molecule has 1 fully saturated rings. The molecular weight excluding hydrogens is 386 g/mol. The van der Waals surface area contributed by atoms with Crippen molar-refractivity contribution in [3.63, 3.8) is 0 Å². The summed E-state index contributed by atoms with van der Waals surface area (Å²) in [5.41, 5.74) is 2.50. The lowest BCUT2D eigenvalue weighted by Gasteiger charge is -2.33. The molecule has 2 aromatic heterocycles. The van der Waals surface area contributed by atoms with Crippen LogP contribution in [0.15, 0.2) is 40.0 Å². The lowest BCUT2D eigenvalue weighted by Crippen LogP contribution is -2.43. The van der Waals surface area contributed by atoms with E-state index in [1.165, 1.54) is 16.8 Å². The van der Waals surface area contributed by atoms with Crippen LogP contribution in [0.2, 0.25) is 0 Å². The molecule has 0 radical (unpaired) electrons. The summed E-state index contributed by atoms with van der Waals surface area (Å²) in [5.74, 6) is 0.871. The maximum Gasteiger partial charge on any atom is 0.263 e. The van der Waals surface area contributed by atoms with Crippen molar-refractivity contribution in [3.05, 3.63) is 41.9 Å². The third-order valence-corrected chi connectivity index (χ3v) is 6.13. The molecule has 7 nitrogen and oxygen atoms in total. The summed E-state index contributed by atoms with van der Waals surface area (Å²) in [6.07, 6.45) is 6.24. The van der Waals surface area contributed by atoms with Gasteiger partial charge in [-0.1, -0.05) is 17.3 Å². The second-order valence-electron chi connectivity index (χ2n) is 7.32. The van der Waals surface area contributed by atoms with Crippen LogP contribution in [-0.2, 0) is 11.2 Å². The number of nitrogens with one attached hydrogen (secondary N) is 1. The standard InChI is InChI=1S/C21H25N5O2S/c1-14-18-19(23-13-24-21(18)28-25-14)26-11-3-4-16(12-26)20(27)22-10-9-15-5-7-17(29-2)8-6-15/h5-8,13,16H,3-4,9-12H2,1-2H3,(H,22,27). The fourth-order valence-electron chi connectivity index (χ4n) is 3.79. The van der Waals surface area contributed by atoms with Crippen molar-refractivity contribution in [2.24, 2.45) is 5.92 Å². The molecule has 1 aromatic carbocycles. The van der Waals surface area contributed by atoms with Crippen LogP contribution in [0.25, 0.3) is 11.1 Å². The predicted octanol–water partition coefficient (Wildman–Crippen LogP) is 3.22. The SMILES string of the molecule is CSc1ccc(CCNC(=O)C2CCCN(c3ncnc4onc(C)c34)C2)cc1. The molecule has 0 saturated carbocycles. The maximum atomic E-state index is 12.7. The summed E-state index contributed by atoms with van der Waals surface area (Å²) in [4.78, 5) is 24.7. The Bertz CT molecular complexity index is 988. The quantitative estimate of drug-likeness (QED) is 0.624. The van der Waals surface area contributed by atoms with E-state index in [4.69, 9.17) is 4.52 Å². The van der Waals surface area contributed by atoms with E-state index in [0.717, 1.165) is 42.7 Å². The number of carbonyl (C=O) groups is 1. The van der Waals surface area contributed by atoms with E-state index in [0.29, 0.717) is 18.8 Å². The molecule has 152 valence electrons. The minimum atomic E-state index is -0.0483. The highest BCUT2D eigenvalue weighted by molar-refractivity contribution is 7.98. The van der Waals surface area contributed by atoms with Gasteiger partial charge in [-0.3, -0.25) is 4.79 Å². The van der Waals surface area contributed by atoms with Crippen molar-refractivity contribution in [1.29, 1.82) is 0 Å². The van der Waals surface area contributed by atoms with Crippen LogP contribution >= 0.6 is 11.8 Å². The van der Waals surface area contributed by atoms with Crippen LogP contribution in [0.1, 0.15) is 24.1 Å². The monoisotopic (exact) mass is 411 g/mol. The molecule has 3 aromatic rings. The Labute approximate surface area is 174 Å². The van der Waals surface area contributed by atoms with Crippen LogP contribution in [0.5, 0.6) is 0 Å². The Hall–Kier alpha value is -2.61.